The Balaban J connectivity index is 1.62. The molecule has 4 saturated carbocycles. The van der Waals surface area contributed by atoms with Gasteiger partial charge < -0.3 is 4.74 Å². The smallest absolute Gasteiger partial charge is 0.244 e. The van der Waals surface area contributed by atoms with Crippen molar-refractivity contribution >= 4 is 10.0 Å². The number of methoxy groups -OCH3 is 1. The molecule has 23 heavy (non-hydrogen) atoms. The van der Waals surface area contributed by atoms with Crippen molar-refractivity contribution in [1.82, 2.24) is 4.72 Å². The molecule has 0 amide bonds. The minimum absolute atomic E-state index is 0.109. The first-order valence-electron chi connectivity index (χ1n) is 8.63. The molecule has 5 rings (SSSR count). The number of hydrogen-bond acceptors (Lipinski definition) is 3. The molecular formula is C18H25NO3S. The number of nitrogens with one attached hydrogen (secondary N) is 1. The van der Waals surface area contributed by atoms with Crippen LogP contribution in [0.2, 0.25) is 0 Å². The molecule has 0 heterocycles. The highest BCUT2D eigenvalue weighted by molar-refractivity contribution is 7.89. The van der Waals surface area contributed by atoms with Crippen LogP contribution in [0.4, 0.5) is 0 Å². The van der Waals surface area contributed by atoms with Gasteiger partial charge in [0.1, 0.15) is 10.6 Å². The van der Waals surface area contributed by atoms with Crippen LogP contribution in [0.1, 0.15) is 37.7 Å². The van der Waals surface area contributed by atoms with Crippen LogP contribution in [-0.2, 0) is 10.0 Å². The molecule has 4 nitrogen and oxygen atoms in total. The van der Waals surface area contributed by atoms with Gasteiger partial charge >= 0.3 is 0 Å². The maximum atomic E-state index is 13.0. The molecule has 1 aromatic carbocycles. The zero-order chi connectivity index (χ0) is 16.2. The number of aryl methyl sites for hydroxylation is 1. The van der Waals surface area contributed by atoms with Gasteiger partial charge in [0.2, 0.25) is 10.0 Å². The normalized spacial score (nSPS) is 35.5. The molecule has 0 aliphatic heterocycles. The van der Waals surface area contributed by atoms with Gasteiger partial charge in [0.15, 0.2) is 0 Å². The second-order valence-electron chi connectivity index (χ2n) is 7.73. The van der Waals surface area contributed by atoms with Crippen LogP contribution in [0.5, 0.6) is 5.75 Å². The highest BCUT2D eigenvalue weighted by atomic mass is 32.2. The van der Waals surface area contributed by atoms with E-state index in [0.29, 0.717) is 17.6 Å². The van der Waals surface area contributed by atoms with Gasteiger partial charge in [-0.05, 0) is 80.4 Å². The van der Waals surface area contributed by atoms with E-state index in [-0.39, 0.29) is 10.9 Å². The Morgan fingerprint density at radius 2 is 1.65 bits per heavy atom. The van der Waals surface area contributed by atoms with E-state index >= 15 is 0 Å². The minimum Gasteiger partial charge on any atom is -0.495 e. The molecule has 4 aliphatic carbocycles. The lowest BCUT2D eigenvalue weighted by molar-refractivity contribution is -0.00558. The summed E-state index contributed by atoms with van der Waals surface area (Å²) in [6, 6.07) is 5.43. The highest BCUT2D eigenvalue weighted by Gasteiger charge is 2.49. The van der Waals surface area contributed by atoms with E-state index < -0.39 is 10.0 Å². The SMILES string of the molecule is COc1ccc(C)cc1S(=O)(=O)NC1C2CC3CC(C2)CC1C3. The van der Waals surface area contributed by atoms with Crippen LogP contribution >= 0.6 is 0 Å². The van der Waals surface area contributed by atoms with Crippen LogP contribution in [0, 0.1) is 30.6 Å². The highest BCUT2D eigenvalue weighted by Crippen LogP contribution is 2.54. The Morgan fingerprint density at radius 3 is 2.22 bits per heavy atom. The fourth-order valence-corrected chi connectivity index (χ4v) is 6.98. The Bertz CT molecular complexity index is 685. The molecule has 0 radical (unpaired) electrons. The summed E-state index contributed by atoms with van der Waals surface area (Å²) < 4.78 is 34.3. The van der Waals surface area contributed by atoms with E-state index in [1.165, 1.54) is 39.2 Å². The number of hydrogen-bond donors (Lipinski definition) is 1. The quantitative estimate of drug-likeness (QED) is 0.920. The molecular weight excluding hydrogens is 310 g/mol. The first-order valence-corrected chi connectivity index (χ1v) is 10.1. The van der Waals surface area contributed by atoms with Gasteiger partial charge in [-0.25, -0.2) is 13.1 Å². The molecule has 1 N–H and O–H groups in total. The first-order chi connectivity index (χ1) is 11.0. The molecule has 4 bridgehead atoms. The third-order valence-electron chi connectivity index (χ3n) is 6.13. The second-order valence-corrected chi connectivity index (χ2v) is 9.41. The van der Waals surface area contributed by atoms with Gasteiger partial charge in [-0.1, -0.05) is 6.07 Å². The van der Waals surface area contributed by atoms with Crippen molar-refractivity contribution in [2.45, 2.75) is 50.0 Å². The number of ether oxygens (including phenoxy) is 1. The fourth-order valence-electron chi connectivity index (χ4n) is 5.35. The van der Waals surface area contributed by atoms with Gasteiger partial charge in [-0.2, -0.15) is 0 Å². The largest absolute Gasteiger partial charge is 0.495 e. The standard InChI is InChI=1S/C18H25NO3S/c1-11-3-4-16(22-2)17(5-11)23(20,21)19-18-14-7-12-6-13(9-14)10-15(18)8-12/h3-5,12-15,18-19H,6-10H2,1-2H3. The summed E-state index contributed by atoms with van der Waals surface area (Å²) in [5, 5.41) is 0. The van der Waals surface area contributed by atoms with Crippen molar-refractivity contribution in [3.63, 3.8) is 0 Å². The van der Waals surface area contributed by atoms with Gasteiger partial charge in [-0.3, -0.25) is 0 Å². The molecule has 1 aromatic rings. The van der Waals surface area contributed by atoms with E-state index in [4.69, 9.17) is 4.74 Å². The predicted octanol–water partition coefficient (Wildman–Crippen LogP) is 3.11. The van der Waals surface area contributed by atoms with Crippen molar-refractivity contribution in [3.8, 4) is 5.75 Å². The summed E-state index contributed by atoms with van der Waals surface area (Å²) in [5.74, 6) is 3.15. The first kappa shape index (κ1) is 15.5. The monoisotopic (exact) mass is 335 g/mol. The molecule has 0 spiro atoms. The molecule has 5 heteroatoms. The second kappa shape index (κ2) is 5.49. The van der Waals surface area contributed by atoms with E-state index in [2.05, 4.69) is 4.72 Å². The summed E-state index contributed by atoms with van der Waals surface area (Å²) in [7, 11) is -2.02. The molecule has 0 aromatic heterocycles. The summed E-state index contributed by atoms with van der Waals surface area (Å²) >= 11 is 0. The summed E-state index contributed by atoms with van der Waals surface area (Å²) in [6.07, 6.45) is 6.17. The van der Waals surface area contributed by atoms with E-state index in [0.717, 1.165) is 17.4 Å². The minimum atomic E-state index is -3.54. The summed E-state index contributed by atoms with van der Waals surface area (Å²) in [6.45, 7) is 1.90. The van der Waals surface area contributed by atoms with Crippen LogP contribution in [0.25, 0.3) is 0 Å². The lowest BCUT2D eigenvalue weighted by Crippen LogP contribution is -2.55. The van der Waals surface area contributed by atoms with Crippen molar-refractivity contribution < 1.29 is 13.2 Å². The third-order valence-corrected chi connectivity index (χ3v) is 7.61. The maximum Gasteiger partial charge on any atom is 0.244 e. The van der Waals surface area contributed by atoms with Gasteiger partial charge in [0.05, 0.1) is 7.11 Å². The molecule has 0 saturated heterocycles. The number of rotatable bonds is 4. The van der Waals surface area contributed by atoms with Crippen LogP contribution in [-0.4, -0.2) is 21.6 Å². The molecule has 0 atom stereocenters. The predicted molar refractivity (Wildman–Crippen MR) is 88.9 cm³/mol. The fraction of sp³-hybridized carbons (Fsp3) is 0.667. The Labute approximate surface area is 138 Å². The Morgan fingerprint density at radius 1 is 1.04 bits per heavy atom. The summed E-state index contributed by atoms with van der Waals surface area (Å²) in [5.41, 5.74) is 0.927. The van der Waals surface area contributed by atoms with Gasteiger partial charge in [-0.15, -0.1) is 0 Å². The van der Waals surface area contributed by atoms with Crippen molar-refractivity contribution in [3.05, 3.63) is 23.8 Å². The lowest BCUT2D eigenvalue weighted by atomic mass is 9.54. The van der Waals surface area contributed by atoms with Gasteiger partial charge in [0, 0.05) is 6.04 Å². The third kappa shape index (κ3) is 2.68. The Hall–Kier alpha value is -1.07. The van der Waals surface area contributed by atoms with E-state index in [9.17, 15) is 8.42 Å². The number of benzene rings is 1. The molecule has 4 fully saturated rings. The van der Waals surface area contributed by atoms with Crippen LogP contribution < -0.4 is 9.46 Å². The average molecular weight is 335 g/mol. The van der Waals surface area contributed by atoms with Crippen LogP contribution in [0.15, 0.2) is 23.1 Å². The van der Waals surface area contributed by atoms with Crippen molar-refractivity contribution in [2.24, 2.45) is 23.7 Å². The van der Waals surface area contributed by atoms with Crippen molar-refractivity contribution in [2.75, 3.05) is 7.11 Å². The van der Waals surface area contributed by atoms with E-state index in [1.807, 2.05) is 13.0 Å². The van der Waals surface area contributed by atoms with Crippen LogP contribution in [0.3, 0.4) is 0 Å². The zero-order valence-corrected chi connectivity index (χ0v) is 14.6. The maximum absolute atomic E-state index is 13.0. The topological polar surface area (TPSA) is 55.4 Å². The lowest BCUT2D eigenvalue weighted by Gasteiger charge is -2.54. The Kier molecular flexibility index (Phi) is 3.69. The molecule has 126 valence electrons. The van der Waals surface area contributed by atoms with Crippen molar-refractivity contribution in [1.29, 1.82) is 0 Å². The number of sulfonamides is 1. The molecule has 4 aliphatic rings. The van der Waals surface area contributed by atoms with Gasteiger partial charge in [0.25, 0.3) is 0 Å². The zero-order valence-electron chi connectivity index (χ0n) is 13.8. The van der Waals surface area contributed by atoms with E-state index in [1.54, 1.807) is 12.1 Å². The molecule has 0 unspecified atom stereocenters. The summed E-state index contributed by atoms with van der Waals surface area (Å²) in [4.78, 5) is 0.272. The average Bonchev–Trinajstić information content (AvgIpc) is 2.50.